The Hall–Kier alpha value is -1.88. The fourth-order valence-corrected chi connectivity index (χ4v) is 1.94. The summed E-state index contributed by atoms with van der Waals surface area (Å²) in [5.41, 5.74) is 2.08. The van der Waals surface area contributed by atoms with Crippen molar-refractivity contribution in [2.24, 2.45) is 0 Å². The van der Waals surface area contributed by atoms with Gasteiger partial charge >= 0.3 is 0 Å². The predicted octanol–water partition coefficient (Wildman–Crippen LogP) is 2.29. The van der Waals surface area contributed by atoms with Gasteiger partial charge in [0.15, 0.2) is 0 Å². The van der Waals surface area contributed by atoms with E-state index in [-0.39, 0.29) is 0 Å². The predicted molar refractivity (Wildman–Crippen MR) is 89.9 cm³/mol. The van der Waals surface area contributed by atoms with Gasteiger partial charge in [-0.1, -0.05) is 13.0 Å². The first-order chi connectivity index (χ1) is 10.6. The van der Waals surface area contributed by atoms with Crippen molar-refractivity contribution in [1.29, 1.82) is 0 Å². The Kier molecular flexibility index (Phi) is 8.22. The van der Waals surface area contributed by atoms with Crippen LogP contribution >= 0.6 is 0 Å². The van der Waals surface area contributed by atoms with Gasteiger partial charge in [0, 0.05) is 38.9 Å². The van der Waals surface area contributed by atoms with Crippen molar-refractivity contribution in [1.82, 2.24) is 14.8 Å². The Morgan fingerprint density at radius 1 is 1.36 bits per heavy atom. The van der Waals surface area contributed by atoms with E-state index < -0.39 is 0 Å². The van der Waals surface area contributed by atoms with Crippen molar-refractivity contribution in [2.45, 2.75) is 20.8 Å². The zero-order chi connectivity index (χ0) is 16.4. The SMILES string of the molecule is CC=C(C)c1cc(OCCN(CC)CCN(C)C=O)ccn1. The second-order valence-corrected chi connectivity index (χ2v) is 5.22. The van der Waals surface area contributed by atoms with Crippen molar-refractivity contribution < 1.29 is 9.53 Å². The first-order valence-corrected chi connectivity index (χ1v) is 7.70. The molecule has 0 spiro atoms. The van der Waals surface area contributed by atoms with E-state index in [1.165, 1.54) is 0 Å². The quantitative estimate of drug-likeness (QED) is 0.622. The molecule has 122 valence electrons. The van der Waals surface area contributed by atoms with E-state index in [1.54, 1.807) is 18.1 Å². The number of carbonyl (C=O) groups is 1. The Morgan fingerprint density at radius 3 is 2.77 bits per heavy atom. The van der Waals surface area contributed by atoms with Gasteiger partial charge in [0.05, 0.1) is 5.69 Å². The van der Waals surface area contributed by atoms with Crippen molar-refractivity contribution in [3.8, 4) is 5.75 Å². The molecule has 1 amide bonds. The fraction of sp³-hybridized carbons (Fsp3) is 0.529. The van der Waals surface area contributed by atoms with Gasteiger partial charge in [-0.2, -0.15) is 0 Å². The number of carbonyl (C=O) groups excluding carboxylic acids is 1. The minimum Gasteiger partial charge on any atom is -0.492 e. The first kappa shape index (κ1) is 18.2. The van der Waals surface area contributed by atoms with Crippen molar-refractivity contribution >= 4 is 12.0 Å². The summed E-state index contributed by atoms with van der Waals surface area (Å²) in [6.45, 7) is 10.1. The third-order valence-electron chi connectivity index (χ3n) is 3.64. The van der Waals surface area contributed by atoms with E-state index in [1.807, 2.05) is 32.1 Å². The van der Waals surface area contributed by atoms with Crippen LogP contribution in [0.25, 0.3) is 5.57 Å². The summed E-state index contributed by atoms with van der Waals surface area (Å²) in [6.07, 6.45) is 4.66. The molecule has 0 radical (unpaired) electrons. The molecule has 5 nitrogen and oxygen atoms in total. The Morgan fingerprint density at radius 2 is 2.14 bits per heavy atom. The lowest BCUT2D eigenvalue weighted by Gasteiger charge is -2.22. The van der Waals surface area contributed by atoms with E-state index in [0.29, 0.717) is 6.61 Å². The fourth-order valence-electron chi connectivity index (χ4n) is 1.94. The first-order valence-electron chi connectivity index (χ1n) is 7.70. The van der Waals surface area contributed by atoms with E-state index in [4.69, 9.17) is 4.74 Å². The largest absolute Gasteiger partial charge is 0.492 e. The molecule has 1 heterocycles. The van der Waals surface area contributed by atoms with E-state index in [9.17, 15) is 4.79 Å². The molecule has 0 aliphatic heterocycles. The number of aromatic nitrogens is 1. The monoisotopic (exact) mass is 305 g/mol. The molecule has 22 heavy (non-hydrogen) atoms. The summed E-state index contributed by atoms with van der Waals surface area (Å²) in [5.74, 6) is 0.840. The molecule has 5 heteroatoms. The highest BCUT2D eigenvalue weighted by Gasteiger charge is 2.05. The molecule has 0 aromatic carbocycles. The van der Waals surface area contributed by atoms with Gasteiger partial charge in [-0.25, -0.2) is 0 Å². The summed E-state index contributed by atoms with van der Waals surface area (Å²) < 4.78 is 5.81. The molecule has 0 bridgehead atoms. The maximum Gasteiger partial charge on any atom is 0.209 e. The molecule has 0 N–H and O–H groups in total. The number of allylic oxidation sites excluding steroid dienone is 2. The van der Waals surface area contributed by atoms with Gasteiger partial charge in [-0.15, -0.1) is 0 Å². The molecule has 0 aliphatic carbocycles. The Labute approximate surface area is 133 Å². The molecule has 1 aromatic rings. The van der Waals surface area contributed by atoms with Gasteiger partial charge in [0.25, 0.3) is 0 Å². The van der Waals surface area contributed by atoms with Crippen LogP contribution in [0.15, 0.2) is 24.4 Å². The number of likely N-dealkylation sites (N-methyl/N-ethyl adjacent to an activating group) is 2. The highest BCUT2D eigenvalue weighted by atomic mass is 16.5. The van der Waals surface area contributed by atoms with Crippen LogP contribution in [0.4, 0.5) is 0 Å². The second-order valence-electron chi connectivity index (χ2n) is 5.22. The highest BCUT2D eigenvalue weighted by molar-refractivity contribution is 5.60. The van der Waals surface area contributed by atoms with Crippen LogP contribution in [0.2, 0.25) is 0 Å². The smallest absolute Gasteiger partial charge is 0.209 e. The van der Waals surface area contributed by atoms with Crippen LogP contribution in [0.1, 0.15) is 26.5 Å². The normalized spacial score (nSPS) is 11.6. The number of hydrogen-bond acceptors (Lipinski definition) is 4. The van der Waals surface area contributed by atoms with Crippen LogP contribution < -0.4 is 4.74 Å². The Balaban J connectivity index is 2.43. The Bertz CT molecular complexity index is 489. The lowest BCUT2D eigenvalue weighted by atomic mass is 10.2. The van der Waals surface area contributed by atoms with Crippen LogP contribution in [0.3, 0.4) is 0 Å². The third kappa shape index (κ3) is 6.26. The second kappa shape index (κ2) is 9.95. The summed E-state index contributed by atoms with van der Waals surface area (Å²) in [6, 6.07) is 3.84. The molecule has 0 atom stereocenters. The summed E-state index contributed by atoms with van der Waals surface area (Å²) in [4.78, 5) is 18.8. The standard InChI is InChI=1S/C17H27N3O2/c1-5-15(3)17-13-16(7-8-18-17)22-12-11-20(6-2)10-9-19(4)14-21/h5,7-8,13-14H,6,9-12H2,1-4H3. The number of hydrogen-bond donors (Lipinski definition) is 0. The van der Waals surface area contributed by atoms with Gasteiger partial charge in [0.2, 0.25) is 6.41 Å². The molecule has 1 aromatic heterocycles. The van der Waals surface area contributed by atoms with Gasteiger partial charge in [0.1, 0.15) is 12.4 Å². The van der Waals surface area contributed by atoms with E-state index in [2.05, 4.69) is 16.8 Å². The minimum atomic E-state index is 0.622. The topological polar surface area (TPSA) is 45.7 Å². The lowest BCUT2D eigenvalue weighted by Crippen LogP contribution is -2.35. The number of nitrogens with zero attached hydrogens (tertiary/aromatic N) is 3. The average Bonchev–Trinajstić information content (AvgIpc) is 2.56. The number of amides is 1. The van der Waals surface area contributed by atoms with Crippen molar-refractivity contribution in [3.63, 3.8) is 0 Å². The van der Waals surface area contributed by atoms with Gasteiger partial charge < -0.3 is 9.64 Å². The number of ether oxygens (including phenoxy) is 1. The highest BCUT2D eigenvalue weighted by Crippen LogP contribution is 2.17. The summed E-state index contributed by atoms with van der Waals surface area (Å²) in [5, 5.41) is 0. The zero-order valence-electron chi connectivity index (χ0n) is 14.1. The average molecular weight is 305 g/mol. The lowest BCUT2D eigenvalue weighted by molar-refractivity contribution is -0.117. The number of pyridine rings is 1. The minimum absolute atomic E-state index is 0.622. The molecular weight excluding hydrogens is 278 g/mol. The molecule has 1 rings (SSSR count). The molecule has 0 unspecified atom stereocenters. The maximum absolute atomic E-state index is 10.6. The van der Waals surface area contributed by atoms with Crippen LogP contribution in [-0.4, -0.2) is 61.0 Å². The van der Waals surface area contributed by atoms with Crippen LogP contribution in [-0.2, 0) is 4.79 Å². The molecular formula is C17H27N3O2. The van der Waals surface area contributed by atoms with Gasteiger partial charge in [-0.05, 0) is 32.0 Å². The maximum atomic E-state index is 10.6. The summed E-state index contributed by atoms with van der Waals surface area (Å²) >= 11 is 0. The zero-order valence-corrected chi connectivity index (χ0v) is 14.1. The molecule has 0 saturated carbocycles. The van der Waals surface area contributed by atoms with Crippen LogP contribution in [0.5, 0.6) is 5.75 Å². The molecule has 0 saturated heterocycles. The van der Waals surface area contributed by atoms with E-state index >= 15 is 0 Å². The van der Waals surface area contributed by atoms with Gasteiger partial charge in [-0.3, -0.25) is 14.7 Å². The van der Waals surface area contributed by atoms with Crippen molar-refractivity contribution in [3.05, 3.63) is 30.1 Å². The van der Waals surface area contributed by atoms with Crippen LogP contribution in [0, 0.1) is 0 Å². The van der Waals surface area contributed by atoms with Crippen molar-refractivity contribution in [2.75, 3.05) is 39.8 Å². The molecule has 0 aliphatic rings. The summed E-state index contributed by atoms with van der Waals surface area (Å²) in [7, 11) is 1.79. The third-order valence-corrected chi connectivity index (χ3v) is 3.64. The number of rotatable bonds is 10. The van der Waals surface area contributed by atoms with E-state index in [0.717, 1.165) is 49.6 Å². The molecule has 0 fully saturated rings.